The molecule has 0 radical (unpaired) electrons. The summed E-state index contributed by atoms with van der Waals surface area (Å²) in [7, 11) is 1.59. The number of methoxy groups -OCH3 is 1. The molecule has 1 amide bonds. The summed E-state index contributed by atoms with van der Waals surface area (Å²) in [5, 5.41) is -0.539. The van der Waals surface area contributed by atoms with E-state index in [-0.39, 0.29) is 5.91 Å². The number of carbonyl (C=O) groups excluding carboxylic acids is 1. The second kappa shape index (κ2) is 4.84. The highest BCUT2D eigenvalue weighted by Gasteiger charge is 2.26. The van der Waals surface area contributed by atoms with E-state index in [1.807, 2.05) is 6.07 Å². The van der Waals surface area contributed by atoms with Gasteiger partial charge in [-0.15, -0.1) is 11.6 Å². The van der Waals surface area contributed by atoms with Gasteiger partial charge in [0, 0.05) is 6.07 Å². The molecule has 1 aliphatic rings. The number of amides is 1. The lowest BCUT2D eigenvalue weighted by Gasteiger charge is -2.30. The minimum Gasteiger partial charge on any atom is -0.497 e. The van der Waals surface area contributed by atoms with Crippen LogP contribution in [0, 0.1) is 0 Å². The molecule has 1 atom stereocenters. The van der Waals surface area contributed by atoms with Gasteiger partial charge in [0.2, 0.25) is 5.91 Å². The number of halogens is 1. The standard InChI is InChI=1S/C12H14ClNO3/c1-8(13)12(15)14-5-6-17-11-7-9(16-2)3-4-10(11)14/h3-4,7-8H,5-6H2,1-2H3. The van der Waals surface area contributed by atoms with Crippen molar-refractivity contribution < 1.29 is 14.3 Å². The average Bonchev–Trinajstić information content (AvgIpc) is 2.36. The number of hydrogen-bond acceptors (Lipinski definition) is 3. The van der Waals surface area contributed by atoms with Gasteiger partial charge in [0.1, 0.15) is 23.5 Å². The first kappa shape index (κ1) is 12.0. The summed E-state index contributed by atoms with van der Waals surface area (Å²) in [5.74, 6) is 1.25. The summed E-state index contributed by atoms with van der Waals surface area (Å²) >= 11 is 5.83. The molecule has 2 rings (SSSR count). The Balaban J connectivity index is 2.35. The highest BCUT2D eigenvalue weighted by atomic mass is 35.5. The first-order valence-electron chi connectivity index (χ1n) is 5.40. The first-order valence-corrected chi connectivity index (χ1v) is 5.83. The molecule has 0 fully saturated rings. The zero-order valence-corrected chi connectivity index (χ0v) is 10.5. The van der Waals surface area contributed by atoms with Crippen molar-refractivity contribution in [2.45, 2.75) is 12.3 Å². The van der Waals surface area contributed by atoms with Gasteiger partial charge in [-0.1, -0.05) is 0 Å². The molecular formula is C12H14ClNO3. The van der Waals surface area contributed by atoms with Crippen LogP contribution in [0.25, 0.3) is 0 Å². The fourth-order valence-corrected chi connectivity index (χ4v) is 1.89. The van der Waals surface area contributed by atoms with E-state index in [1.165, 1.54) is 0 Å². The minimum atomic E-state index is -0.539. The molecule has 0 spiro atoms. The van der Waals surface area contributed by atoms with Crippen molar-refractivity contribution in [3.63, 3.8) is 0 Å². The van der Waals surface area contributed by atoms with Crippen LogP contribution in [-0.2, 0) is 4.79 Å². The van der Waals surface area contributed by atoms with E-state index in [9.17, 15) is 4.79 Å². The summed E-state index contributed by atoms with van der Waals surface area (Å²) in [6, 6.07) is 5.38. The molecule has 0 N–H and O–H groups in total. The predicted octanol–water partition coefficient (Wildman–Crippen LogP) is 2.05. The lowest BCUT2D eigenvalue weighted by atomic mass is 10.2. The molecule has 0 aliphatic carbocycles. The first-order chi connectivity index (χ1) is 8.13. The number of anilines is 1. The number of carbonyl (C=O) groups is 1. The van der Waals surface area contributed by atoms with Gasteiger partial charge in [0.05, 0.1) is 19.3 Å². The number of fused-ring (bicyclic) bond motifs is 1. The van der Waals surface area contributed by atoms with E-state index >= 15 is 0 Å². The molecule has 0 saturated heterocycles. The number of hydrogen-bond donors (Lipinski definition) is 0. The number of nitrogens with zero attached hydrogens (tertiary/aromatic N) is 1. The predicted molar refractivity (Wildman–Crippen MR) is 66.2 cm³/mol. The molecule has 0 saturated carbocycles. The van der Waals surface area contributed by atoms with Crippen molar-refractivity contribution in [3.8, 4) is 11.5 Å². The monoisotopic (exact) mass is 255 g/mol. The van der Waals surface area contributed by atoms with Crippen LogP contribution in [0.15, 0.2) is 18.2 Å². The highest BCUT2D eigenvalue weighted by Crippen LogP contribution is 2.35. The molecule has 0 bridgehead atoms. The molecule has 92 valence electrons. The molecule has 0 aromatic heterocycles. The van der Waals surface area contributed by atoms with Gasteiger partial charge in [-0.2, -0.15) is 0 Å². The molecular weight excluding hydrogens is 242 g/mol. The molecule has 4 nitrogen and oxygen atoms in total. The Hall–Kier alpha value is -1.42. The van der Waals surface area contributed by atoms with Gasteiger partial charge in [-0.05, 0) is 19.1 Å². The van der Waals surface area contributed by atoms with E-state index in [4.69, 9.17) is 21.1 Å². The lowest BCUT2D eigenvalue weighted by molar-refractivity contribution is -0.118. The number of ether oxygens (including phenoxy) is 2. The van der Waals surface area contributed by atoms with Crippen LogP contribution in [0.1, 0.15) is 6.92 Å². The average molecular weight is 256 g/mol. The zero-order chi connectivity index (χ0) is 12.4. The Morgan fingerprint density at radius 1 is 1.59 bits per heavy atom. The summed E-state index contributed by atoms with van der Waals surface area (Å²) < 4.78 is 10.6. The molecule has 1 aromatic carbocycles. The minimum absolute atomic E-state index is 0.110. The number of rotatable bonds is 2. The van der Waals surface area contributed by atoms with Crippen LogP contribution in [0.4, 0.5) is 5.69 Å². The van der Waals surface area contributed by atoms with E-state index < -0.39 is 5.38 Å². The van der Waals surface area contributed by atoms with Crippen LogP contribution in [0.5, 0.6) is 11.5 Å². The summed E-state index contributed by atoms with van der Waals surface area (Å²) in [4.78, 5) is 13.6. The van der Waals surface area contributed by atoms with Gasteiger partial charge in [0.25, 0.3) is 0 Å². The quantitative estimate of drug-likeness (QED) is 0.760. The second-order valence-corrected chi connectivity index (χ2v) is 4.44. The Labute approximate surface area is 105 Å². The van der Waals surface area contributed by atoms with E-state index in [2.05, 4.69) is 0 Å². The number of alkyl halides is 1. The van der Waals surface area contributed by atoms with Gasteiger partial charge >= 0.3 is 0 Å². The van der Waals surface area contributed by atoms with Gasteiger partial charge in [0.15, 0.2) is 0 Å². The van der Waals surface area contributed by atoms with Crippen LogP contribution in [-0.4, -0.2) is 31.5 Å². The maximum Gasteiger partial charge on any atom is 0.244 e. The van der Waals surface area contributed by atoms with Crippen molar-refractivity contribution in [2.75, 3.05) is 25.2 Å². The number of benzene rings is 1. The van der Waals surface area contributed by atoms with Gasteiger partial charge < -0.3 is 14.4 Å². The van der Waals surface area contributed by atoms with Gasteiger partial charge in [-0.25, -0.2) is 0 Å². The normalized spacial score (nSPS) is 15.8. The van der Waals surface area contributed by atoms with Crippen molar-refractivity contribution >= 4 is 23.2 Å². The van der Waals surface area contributed by atoms with Crippen LogP contribution in [0.3, 0.4) is 0 Å². The Kier molecular flexibility index (Phi) is 3.43. The van der Waals surface area contributed by atoms with E-state index in [0.717, 1.165) is 5.69 Å². The molecule has 5 heteroatoms. The van der Waals surface area contributed by atoms with Crippen molar-refractivity contribution in [3.05, 3.63) is 18.2 Å². The fraction of sp³-hybridized carbons (Fsp3) is 0.417. The summed E-state index contributed by atoms with van der Waals surface area (Å²) in [6.07, 6.45) is 0. The molecule has 1 heterocycles. The molecule has 1 aromatic rings. The van der Waals surface area contributed by atoms with Crippen LogP contribution < -0.4 is 14.4 Å². The smallest absolute Gasteiger partial charge is 0.244 e. The lowest BCUT2D eigenvalue weighted by Crippen LogP contribution is -2.41. The third-order valence-electron chi connectivity index (χ3n) is 2.64. The maximum atomic E-state index is 11.9. The van der Waals surface area contributed by atoms with Crippen molar-refractivity contribution in [1.29, 1.82) is 0 Å². The van der Waals surface area contributed by atoms with Crippen LogP contribution >= 0.6 is 11.6 Å². The topological polar surface area (TPSA) is 38.8 Å². The Bertz CT molecular complexity index is 434. The Morgan fingerprint density at radius 2 is 2.35 bits per heavy atom. The second-order valence-electron chi connectivity index (χ2n) is 3.79. The fourth-order valence-electron chi connectivity index (χ4n) is 1.77. The van der Waals surface area contributed by atoms with E-state index in [1.54, 1.807) is 31.1 Å². The highest BCUT2D eigenvalue weighted by molar-refractivity contribution is 6.32. The molecule has 17 heavy (non-hydrogen) atoms. The zero-order valence-electron chi connectivity index (χ0n) is 9.77. The third-order valence-corrected chi connectivity index (χ3v) is 2.82. The SMILES string of the molecule is COc1ccc2c(c1)OCCN2C(=O)C(C)Cl. The van der Waals surface area contributed by atoms with E-state index in [0.29, 0.717) is 24.7 Å². The summed E-state index contributed by atoms with van der Waals surface area (Å²) in [5.41, 5.74) is 0.745. The third kappa shape index (κ3) is 2.31. The van der Waals surface area contributed by atoms with Gasteiger partial charge in [-0.3, -0.25) is 4.79 Å². The largest absolute Gasteiger partial charge is 0.497 e. The Morgan fingerprint density at radius 3 is 3.00 bits per heavy atom. The maximum absolute atomic E-state index is 11.9. The molecule has 1 aliphatic heterocycles. The van der Waals surface area contributed by atoms with Crippen LogP contribution in [0.2, 0.25) is 0 Å². The van der Waals surface area contributed by atoms with Crippen molar-refractivity contribution in [2.24, 2.45) is 0 Å². The summed E-state index contributed by atoms with van der Waals surface area (Å²) in [6.45, 7) is 2.66. The molecule has 1 unspecified atom stereocenters. The van der Waals surface area contributed by atoms with Crippen molar-refractivity contribution in [1.82, 2.24) is 0 Å².